The fourth-order valence-corrected chi connectivity index (χ4v) is 2.41. The monoisotopic (exact) mass is 249 g/mol. The van der Waals surface area contributed by atoms with Gasteiger partial charge in [0.15, 0.2) is 0 Å². The van der Waals surface area contributed by atoms with Crippen LogP contribution in [0.3, 0.4) is 0 Å². The highest BCUT2D eigenvalue weighted by Gasteiger charge is 2.14. The second-order valence-electron chi connectivity index (χ2n) is 5.28. The zero-order valence-electron chi connectivity index (χ0n) is 11.3. The summed E-state index contributed by atoms with van der Waals surface area (Å²) in [4.78, 5) is 0. The van der Waals surface area contributed by atoms with Crippen LogP contribution in [0, 0.1) is 5.92 Å². The van der Waals surface area contributed by atoms with Crippen LogP contribution in [0.15, 0.2) is 18.2 Å². The predicted octanol–water partition coefficient (Wildman–Crippen LogP) is 2.12. The SMILES string of the molecule is CC(C)C(CCO)NCc1ccc2c(c1)CCO2. The maximum Gasteiger partial charge on any atom is 0.122 e. The van der Waals surface area contributed by atoms with Crippen LogP contribution in [0.4, 0.5) is 0 Å². The molecule has 1 aromatic carbocycles. The topological polar surface area (TPSA) is 41.5 Å². The summed E-state index contributed by atoms with van der Waals surface area (Å²) < 4.78 is 5.50. The van der Waals surface area contributed by atoms with E-state index in [0.29, 0.717) is 12.0 Å². The number of rotatable bonds is 6. The highest BCUT2D eigenvalue weighted by Crippen LogP contribution is 2.25. The second kappa shape index (κ2) is 6.21. The average molecular weight is 249 g/mol. The lowest BCUT2D eigenvalue weighted by molar-refractivity contribution is 0.244. The van der Waals surface area contributed by atoms with Crippen LogP contribution in [0.2, 0.25) is 0 Å². The summed E-state index contributed by atoms with van der Waals surface area (Å²) in [7, 11) is 0. The third-order valence-corrected chi connectivity index (χ3v) is 3.57. The van der Waals surface area contributed by atoms with Crippen molar-refractivity contribution in [1.29, 1.82) is 0 Å². The molecular formula is C15H23NO2. The fourth-order valence-electron chi connectivity index (χ4n) is 2.41. The van der Waals surface area contributed by atoms with Gasteiger partial charge in [-0.15, -0.1) is 0 Å². The number of benzene rings is 1. The first-order valence-electron chi connectivity index (χ1n) is 6.79. The first-order chi connectivity index (χ1) is 8.70. The lowest BCUT2D eigenvalue weighted by atomic mass is 10.0. The molecule has 0 aliphatic carbocycles. The molecule has 0 spiro atoms. The van der Waals surface area contributed by atoms with Crippen molar-refractivity contribution in [3.63, 3.8) is 0 Å². The normalized spacial score (nSPS) is 15.6. The molecule has 3 heteroatoms. The van der Waals surface area contributed by atoms with Gasteiger partial charge < -0.3 is 15.2 Å². The van der Waals surface area contributed by atoms with Crippen molar-refractivity contribution in [1.82, 2.24) is 5.32 Å². The van der Waals surface area contributed by atoms with Gasteiger partial charge in [0.1, 0.15) is 5.75 Å². The van der Waals surface area contributed by atoms with Crippen LogP contribution >= 0.6 is 0 Å². The van der Waals surface area contributed by atoms with Crippen LogP contribution in [0.1, 0.15) is 31.4 Å². The van der Waals surface area contributed by atoms with Gasteiger partial charge in [-0.2, -0.15) is 0 Å². The minimum Gasteiger partial charge on any atom is -0.493 e. The van der Waals surface area contributed by atoms with E-state index in [1.165, 1.54) is 11.1 Å². The quantitative estimate of drug-likeness (QED) is 0.811. The van der Waals surface area contributed by atoms with E-state index in [2.05, 4.69) is 37.4 Å². The number of aliphatic hydroxyl groups excluding tert-OH is 1. The molecule has 3 nitrogen and oxygen atoms in total. The van der Waals surface area contributed by atoms with Crippen molar-refractivity contribution in [2.75, 3.05) is 13.2 Å². The first kappa shape index (κ1) is 13.4. The molecule has 1 unspecified atom stereocenters. The Balaban J connectivity index is 1.93. The summed E-state index contributed by atoms with van der Waals surface area (Å²) in [6, 6.07) is 6.79. The maximum absolute atomic E-state index is 9.05. The number of nitrogens with one attached hydrogen (secondary N) is 1. The van der Waals surface area contributed by atoms with E-state index in [1.54, 1.807) is 0 Å². The Labute approximate surface area is 109 Å². The van der Waals surface area contributed by atoms with Gasteiger partial charge in [0.05, 0.1) is 6.61 Å². The zero-order valence-corrected chi connectivity index (χ0v) is 11.3. The van der Waals surface area contributed by atoms with Crippen molar-refractivity contribution in [3.8, 4) is 5.75 Å². The Morgan fingerprint density at radius 3 is 2.94 bits per heavy atom. The Morgan fingerprint density at radius 2 is 2.22 bits per heavy atom. The van der Waals surface area contributed by atoms with Gasteiger partial charge in [0.25, 0.3) is 0 Å². The largest absolute Gasteiger partial charge is 0.493 e. The van der Waals surface area contributed by atoms with Crippen LogP contribution in [0.25, 0.3) is 0 Å². The van der Waals surface area contributed by atoms with Gasteiger partial charge in [-0.1, -0.05) is 26.0 Å². The fraction of sp³-hybridized carbons (Fsp3) is 0.600. The average Bonchev–Trinajstić information content (AvgIpc) is 2.81. The van der Waals surface area contributed by atoms with Crippen molar-refractivity contribution in [2.45, 2.75) is 39.3 Å². The van der Waals surface area contributed by atoms with Gasteiger partial charge >= 0.3 is 0 Å². The van der Waals surface area contributed by atoms with Gasteiger partial charge in [-0.3, -0.25) is 0 Å². The summed E-state index contributed by atoms with van der Waals surface area (Å²) in [6.07, 6.45) is 1.83. The first-order valence-corrected chi connectivity index (χ1v) is 6.79. The van der Waals surface area contributed by atoms with E-state index < -0.39 is 0 Å². The molecule has 0 bridgehead atoms. The molecule has 0 fully saturated rings. The number of fused-ring (bicyclic) bond motifs is 1. The molecule has 1 aliphatic rings. The van der Waals surface area contributed by atoms with E-state index in [9.17, 15) is 0 Å². The third kappa shape index (κ3) is 3.24. The number of ether oxygens (including phenoxy) is 1. The smallest absolute Gasteiger partial charge is 0.122 e. The summed E-state index contributed by atoms with van der Waals surface area (Å²) in [6.45, 7) is 6.28. The molecule has 0 saturated heterocycles. The van der Waals surface area contributed by atoms with E-state index in [1.807, 2.05) is 0 Å². The Kier molecular flexibility index (Phi) is 4.61. The molecular weight excluding hydrogens is 226 g/mol. The van der Waals surface area contributed by atoms with Crippen molar-refractivity contribution < 1.29 is 9.84 Å². The Hall–Kier alpha value is -1.06. The minimum atomic E-state index is 0.244. The zero-order chi connectivity index (χ0) is 13.0. The van der Waals surface area contributed by atoms with E-state index in [4.69, 9.17) is 9.84 Å². The molecule has 2 rings (SSSR count). The highest BCUT2D eigenvalue weighted by atomic mass is 16.5. The van der Waals surface area contributed by atoms with Gasteiger partial charge in [-0.05, 0) is 29.5 Å². The minimum absolute atomic E-state index is 0.244. The molecule has 1 atom stereocenters. The van der Waals surface area contributed by atoms with Crippen LogP contribution in [0.5, 0.6) is 5.75 Å². The predicted molar refractivity (Wildman–Crippen MR) is 72.8 cm³/mol. The number of hydrogen-bond acceptors (Lipinski definition) is 3. The van der Waals surface area contributed by atoms with Gasteiger partial charge in [0.2, 0.25) is 0 Å². The van der Waals surface area contributed by atoms with E-state index >= 15 is 0 Å². The summed E-state index contributed by atoms with van der Waals surface area (Å²) in [5.41, 5.74) is 2.61. The molecule has 0 radical (unpaired) electrons. The molecule has 1 heterocycles. The third-order valence-electron chi connectivity index (χ3n) is 3.57. The van der Waals surface area contributed by atoms with Crippen LogP contribution < -0.4 is 10.1 Å². The van der Waals surface area contributed by atoms with Gasteiger partial charge in [-0.25, -0.2) is 0 Å². The maximum atomic E-state index is 9.05. The molecule has 0 amide bonds. The number of hydrogen-bond donors (Lipinski definition) is 2. The standard InChI is InChI=1S/C15H23NO2/c1-11(2)14(5-7-17)16-10-12-3-4-15-13(9-12)6-8-18-15/h3-4,9,11,14,16-17H,5-8,10H2,1-2H3. The molecule has 0 saturated carbocycles. The summed E-state index contributed by atoms with van der Waals surface area (Å²) in [5, 5.41) is 12.6. The molecule has 18 heavy (non-hydrogen) atoms. The Morgan fingerprint density at radius 1 is 1.39 bits per heavy atom. The summed E-state index contributed by atoms with van der Waals surface area (Å²) in [5.74, 6) is 1.57. The van der Waals surface area contributed by atoms with Crippen molar-refractivity contribution >= 4 is 0 Å². The van der Waals surface area contributed by atoms with Crippen LogP contribution in [-0.2, 0) is 13.0 Å². The number of aliphatic hydroxyl groups is 1. The molecule has 1 aromatic rings. The second-order valence-corrected chi connectivity index (χ2v) is 5.28. The van der Waals surface area contributed by atoms with Crippen LogP contribution in [-0.4, -0.2) is 24.4 Å². The van der Waals surface area contributed by atoms with Gasteiger partial charge in [0, 0.05) is 25.6 Å². The van der Waals surface area contributed by atoms with E-state index in [-0.39, 0.29) is 6.61 Å². The van der Waals surface area contributed by atoms with Crippen molar-refractivity contribution in [2.24, 2.45) is 5.92 Å². The Bertz CT molecular complexity index is 390. The lowest BCUT2D eigenvalue weighted by Gasteiger charge is -2.21. The van der Waals surface area contributed by atoms with E-state index in [0.717, 1.165) is 31.7 Å². The lowest BCUT2D eigenvalue weighted by Crippen LogP contribution is -2.34. The molecule has 0 aromatic heterocycles. The van der Waals surface area contributed by atoms with Crippen molar-refractivity contribution in [3.05, 3.63) is 29.3 Å². The highest BCUT2D eigenvalue weighted by molar-refractivity contribution is 5.39. The molecule has 1 aliphatic heterocycles. The molecule has 2 N–H and O–H groups in total. The summed E-state index contributed by atoms with van der Waals surface area (Å²) >= 11 is 0. The molecule has 100 valence electrons.